The van der Waals surface area contributed by atoms with Gasteiger partial charge in [0.2, 0.25) is 0 Å². The molecule has 0 atom stereocenters. The Morgan fingerprint density at radius 3 is 2.46 bits per heavy atom. The zero-order valence-corrected chi connectivity index (χ0v) is 12.9. The van der Waals surface area contributed by atoms with Crippen LogP contribution in [0.3, 0.4) is 0 Å². The molecule has 0 aliphatic rings. The predicted molar refractivity (Wildman–Crippen MR) is 92.4 cm³/mol. The van der Waals surface area contributed by atoms with Crippen LogP contribution in [0.2, 0.25) is 0 Å². The van der Waals surface area contributed by atoms with E-state index >= 15 is 0 Å². The van der Waals surface area contributed by atoms with Crippen molar-refractivity contribution in [2.45, 2.75) is 6.42 Å². The smallest absolute Gasteiger partial charge is 0.352 e. The fourth-order valence-electron chi connectivity index (χ4n) is 2.64. The monoisotopic (exact) mass is 323 g/mol. The van der Waals surface area contributed by atoms with Crippen molar-refractivity contribution in [3.63, 3.8) is 0 Å². The number of carboxylic acids is 1. The summed E-state index contributed by atoms with van der Waals surface area (Å²) >= 11 is 0. The molecule has 4 N–H and O–H groups in total. The van der Waals surface area contributed by atoms with Crippen LogP contribution in [0.15, 0.2) is 54.6 Å². The SMILES string of the molecule is O=C(NCCc1c(C(=O)O)[nH]c2ccccc12)Nc1ccccc1. The maximum Gasteiger partial charge on any atom is 0.352 e. The first-order chi connectivity index (χ1) is 11.6. The molecular weight excluding hydrogens is 306 g/mol. The van der Waals surface area contributed by atoms with Crippen LogP contribution in [0.1, 0.15) is 16.1 Å². The number of carbonyl (C=O) groups excluding carboxylic acids is 1. The maximum atomic E-state index is 11.9. The number of H-pyrrole nitrogens is 1. The van der Waals surface area contributed by atoms with Crippen molar-refractivity contribution in [1.29, 1.82) is 0 Å². The lowest BCUT2D eigenvalue weighted by atomic mass is 10.1. The number of anilines is 1. The van der Waals surface area contributed by atoms with E-state index in [-0.39, 0.29) is 11.7 Å². The second-order valence-corrected chi connectivity index (χ2v) is 5.33. The van der Waals surface area contributed by atoms with Gasteiger partial charge in [-0.3, -0.25) is 0 Å². The minimum atomic E-state index is -1.00. The van der Waals surface area contributed by atoms with Gasteiger partial charge in [-0.2, -0.15) is 0 Å². The molecule has 2 amide bonds. The minimum Gasteiger partial charge on any atom is -0.477 e. The number of hydrogen-bond acceptors (Lipinski definition) is 2. The molecule has 0 fully saturated rings. The van der Waals surface area contributed by atoms with Crippen LogP contribution >= 0.6 is 0 Å². The van der Waals surface area contributed by atoms with E-state index in [0.29, 0.717) is 24.2 Å². The third-order valence-electron chi connectivity index (χ3n) is 3.72. The summed E-state index contributed by atoms with van der Waals surface area (Å²) < 4.78 is 0. The van der Waals surface area contributed by atoms with E-state index in [1.165, 1.54) is 0 Å². The Balaban J connectivity index is 1.66. The highest BCUT2D eigenvalue weighted by atomic mass is 16.4. The van der Waals surface area contributed by atoms with Crippen molar-refractivity contribution in [1.82, 2.24) is 10.3 Å². The summed E-state index contributed by atoms with van der Waals surface area (Å²) in [6, 6.07) is 16.2. The Labute approximate surface area is 138 Å². The molecule has 0 aliphatic carbocycles. The molecule has 2 aromatic carbocycles. The summed E-state index contributed by atoms with van der Waals surface area (Å²) in [5, 5.41) is 15.7. The van der Waals surface area contributed by atoms with Crippen LogP contribution in [0.25, 0.3) is 10.9 Å². The summed E-state index contributed by atoms with van der Waals surface area (Å²) in [6.07, 6.45) is 0.424. The van der Waals surface area contributed by atoms with E-state index in [9.17, 15) is 14.7 Å². The van der Waals surface area contributed by atoms with Gasteiger partial charge < -0.3 is 20.7 Å². The lowest BCUT2D eigenvalue weighted by molar-refractivity contribution is 0.0690. The van der Waals surface area contributed by atoms with Crippen LogP contribution in [0, 0.1) is 0 Å². The van der Waals surface area contributed by atoms with Gasteiger partial charge in [0.05, 0.1) is 0 Å². The average molecular weight is 323 g/mol. The van der Waals surface area contributed by atoms with E-state index in [2.05, 4.69) is 15.6 Å². The van der Waals surface area contributed by atoms with Gasteiger partial charge in [-0.1, -0.05) is 36.4 Å². The van der Waals surface area contributed by atoms with Gasteiger partial charge in [-0.05, 0) is 30.2 Å². The average Bonchev–Trinajstić information content (AvgIpc) is 2.95. The van der Waals surface area contributed by atoms with Crippen molar-refractivity contribution in [3.05, 3.63) is 65.9 Å². The molecule has 6 heteroatoms. The number of aromatic carboxylic acids is 1. The number of aromatic amines is 1. The van der Waals surface area contributed by atoms with Crippen molar-refractivity contribution < 1.29 is 14.7 Å². The maximum absolute atomic E-state index is 11.9. The first-order valence-electron chi connectivity index (χ1n) is 7.58. The third-order valence-corrected chi connectivity index (χ3v) is 3.72. The number of para-hydroxylation sites is 2. The molecule has 122 valence electrons. The molecule has 0 aliphatic heterocycles. The fraction of sp³-hybridized carbons (Fsp3) is 0.111. The highest BCUT2D eigenvalue weighted by molar-refractivity contribution is 5.97. The topological polar surface area (TPSA) is 94.2 Å². The molecule has 0 saturated carbocycles. The molecule has 3 rings (SSSR count). The molecular formula is C18H17N3O3. The van der Waals surface area contributed by atoms with Crippen molar-refractivity contribution in [2.75, 3.05) is 11.9 Å². The van der Waals surface area contributed by atoms with E-state index in [1.54, 1.807) is 12.1 Å². The molecule has 1 heterocycles. The summed E-state index contributed by atoms with van der Waals surface area (Å²) in [4.78, 5) is 26.2. The normalized spacial score (nSPS) is 10.5. The number of rotatable bonds is 5. The lowest BCUT2D eigenvalue weighted by Gasteiger charge is -2.07. The minimum absolute atomic E-state index is 0.168. The summed E-state index contributed by atoms with van der Waals surface area (Å²) in [7, 11) is 0. The number of benzene rings is 2. The molecule has 1 aromatic heterocycles. The van der Waals surface area contributed by atoms with Gasteiger partial charge in [-0.25, -0.2) is 9.59 Å². The number of urea groups is 1. The number of fused-ring (bicyclic) bond motifs is 1. The first-order valence-corrected chi connectivity index (χ1v) is 7.58. The number of aromatic nitrogens is 1. The summed E-state index contributed by atoms with van der Waals surface area (Å²) in [5.41, 5.74) is 2.34. The van der Waals surface area contributed by atoms with Gasteiger partial charge in [0.15, 0.2) is 0 Å². The summed E-state index contributed by atoms with van der Waals surface area (Å²) in [5.74, 6) is -1.00. The van der Waals surface area contributed by atoms with Gasteiger partial charge >= 0.3 is 12.0 Å². The molecule has 3 aromatic rings. The summed E-state index contributed by atoms with van der Waals surface area (Å²) in [6.45, 7) is 0.334. The molecule has 0 saturated heterocycles. The molecule has 0 radical (unpaired) electrons. The quantitative estimate of drug-likeness (QED) is 0.580. The van der Waals surface area contributed by atoms with Crippen LogP contribution in [-0.2, 0) is 6.42 Å². The van der Waals surface area contributed by atoms with E-state index in [4.69, 9.17) is 0 Å². The van der Waals surface area contributed by atoms with Gasteiger partial charge in [0.1, 0.15) is 5.69 Å². The Morgan fingerprint density at radius 1 is 1.00 bits per heavy atom. The Kier molecular flexibility index (Phi) is 4.47. The largest absolute Gasteiger partial charge is 0.477 e. The Morgan fingerprint density at radius 2 is 1.71 bits per heavy atom. The first kappa shape index (κ1) is 15.6. The van der Waals surface area contributed by atoms with Crippen LogP contribution in [0.5, 0.6) is 0 Å². The standard InChI is InChI=1S/C18H17N3O3/c22-17(23)16-14(13-8-4-5-9-15(13)21-16)10-11-19-18(24)20-12-6-2-1-3-7-12/h1-9,21H,10-11H2,(H,22,23)(H2,19,20,24). The highest BCUT2D eigenvalue weighted by Gasteiger charge is 2.16. The second-order valence-electron chi connectivity index (χ2n) is 5.33. The lowest BCUT2D eigenvalue weighted by Crippen LogP contribution is -2.30. The number of amides is 2. The molecule has 0 bridgehead atoms. The fourth-order valence-corrected chi connectivity index (χ4v) is 2.64. The van der Waals surface area contributed by atoms with Crippen LogP contribution < -0.4 is 10.6 Å². The second kappa shape index (κ2) is 6.87. The zero-order valence-electron chi connectivity index (χ0n) is 12.9. The zero-order chi connectivity index (χ0) is 16.9. The predicted octanol–water partition coefficient (Wildman–Crippen LogP) is 3.23. The molecule has 24 heavy (non-hydrogen) atoms. The van der Waals surface area contributed by atoms with Crippen LogP contribution in [-0.4, -0.2) is 28.6 Å². The molecule has 0 spiro atoms. The highest BCUT2D eigenvalue weighted by Crippen LogP contribution is 2.22. The van der Waals surface area contributed by atoms with Crippen LogP contribution in [0.4, 0.5) is 10.5 Å². The Hall–Kier alpha value is -3.28. The van der Waals surface area contributed by atoms with Gasteiger partial charge in [0.25, 0.3) is 0 Å². The Bertz CT molecular complexity index is 872. The van der Waals surface area contributed by atoms with E-state index in [0.717, 1.165) is 10.9 Å². The molecule has 0 unspecified atom stereocenters. The van der Waals surface area contributed by atoms with Gasteiger partial charge in [0, 0.05) is 23.1 Å². The van der Waals surface area contributed by atoms with E-state index in [1.807, 2.05) is 42.5 Å². The number of carboxylic acid groups (broad SMARTS) is 1. The van der Waals surface area contributed by atoms with Crippen molar-refractivity contribution in [2.24, 2.45) is 0 Å². The number of hydrogen-bond donors (Lipinski definition) is 4. The van der Waals surface area contributed by atoms with Crippen molar-refractivity contribution in [3.8, 4) is 0 Å². The van der Waals surface area contributed by atoms with E-state index < -0.39 is 5.97 Å². The molecule has 6 nitrogen and oxygen atoms in total. The number of nitrogens with one attached hydrogen (secondary N) is 3. The van der Waals surface area contributed by atoms with Gasteiger partial charge in [-0.15, -0.1) is 0 Å². The third kappa shape index (κ3) is 3.38. The number of carbonyl (C=O) groups is 2. The van der Waals surface area contributed by atoms with Crippen molar-refractivity contribution >= 4 is 28.6 Å².